The second-order valence-corrected chi connectivity index (χ2v) is 11.3. The fraction of sp³-hybridized carbons (Fsp3) is 0.394. The van der Waals surface area contributed by atoms with Gasteiger partial charge in [-0.15, -0.1) is 0 Å². The van der Waals surface area contributed by atoms with Crippen LogP contribution in [-0.4, -0.2) is 49.3 Å². The molecule has 1 atom stereocenters. The molecule has 1 fully saturated rings. The van der Waals surface area contributed by atoms with Gasteiger partial charge in [-0.25, -0.2) is 9.37 Å². The monoisotopic (exact) mass is 559 g/mol. The number of carboxylic acid groups (broad SMARTS) is 1. The van der Waals surface area contributed by atoms with Crippen molar-refractivity contribution in [2.24, 2.45) is 0 Å². The van der Waals surface area contributed by atoms with E-state index in [9.17, 15) is 9.90 Å². The molecular weight excluding hydrogens is 520 g/mol. The Hall–Kier alpha value is -3.29. The molecular formula is C33H39N2O4S+. The van der Waals surface area contributed by atoms with Crippen LogP contribution in [0.5, 0.6) is 0 Å². The first-order chi connectivity index (χ1) is 19.5. The Morgan fingerprint density at radius 1 is 0.975 bits per heavy atom. The van der Waals surface area contributed by atoms with Crippen LogP contribution in [0.25, 0.3) is 33.4 Å². The van der Waals surface area contributed by atoms with Gasteiger partial charge in [-0.05, 0) is 82.9 Å². The zero-order chi connectivity index (χ0) is 28.2. The molecule has 3 aliphatic rings. The number of benzene rings is 3. The Morgan fingerprint density at radius 3 is 2.42 bits per heavy atom. The van der Waals surface area contributed by atoms with Crippen LogP contribution in [0.15, 0.2) is 63.9 Å². The second kappa shape index (κ2) is 12.5. The van der Waals surface area contributed by atoms with Crippen molar-refractivity contribution >= 4 is 34.4 Å². The van der Waals surface area contributed by atoms with E-state index in [0.29, 0.717) is 0 Å². The molecule has 6 nitrogen and oxygen atoms in total. The minimum atomic E-state index is -0.927. The van der Waals surface area contributed by atoms with Crippen LogP contribution in [0.4, 0.5) is 5.69 Å². The van der Waals surface area contributed by atoms with Crippen molar-refractivity contribution in [3.05, 3.63) is 65.5 Å². The van der Waals surface area contributed by atoms with Gasteiger partial charge in [-0.2, -0.15) is 0 Å². The van der Waals surface area contributed by atoms with Crippen molar-refractivity contribution < 1.29 is 19.1 Å². The third-order valence-electron chi connectivity index (χ3n) is 7.84. The van der Waals surface area contributed by atoms with E-state index in [2.05, 4.69) is 73.6 Å². The maximum Gasteiger partial charge on any atom is 0.335 e. The number of anilines is 1. The van der Waals surface area contributed by atoms with E-state index in [1.807, 2.05) is 6.07 Å². The zero-order valence-electron chi connectivity index (χ0n) is 23.9. The third kappa shape index (κ3) is 5.63. The van der Waals surface area contributed by atoms with Gasteiger partial charge < -0.3 is 19.2 Å². The molecule has 1 saturated heterocycles. The molecule has 210 valence electrons. The van der Waals surface area contributed by atoms with Crippen molar-refractivity contribution in [1.29, 1.82) is 0 Å². The number of hydrogen-bond acceptors (Lipinski definition) is 5. The van der Waals surface area contributed by atoms with Crippen LogP contribution in [-0.2, 0) is 4.74 Å². The van der Waals surface area contributed by atoms with Gasteiger partial charge in [-0.3, -0.25) is 0 Å². The highest BCUT2D eigenvalue weighted by Crippen LogP contribution is 2.45. The average molecular weight is 560 g/mol. The largest absolute Gasteiger partial charge is 0.478 e. The summed E-state index contributed by atoms with van der Waals surface area (Å²) < 4.78 is 15.0. The Bertz CT molecular complexity index is 1540. The van der Waals surface area contributed by atoms with E-state index in [1.165, 1.54) is 0 Å². The number of rotatable bonds is 9. The molecule has 5 rings (SSSR count). The minimum Gasteiger partial charge on any atom is -0.478 e. The molecule has 40 heavy (non-hydrogen) atoms. The smallest absolute Gasteiger partial charge is 0.335 e. The van der Waals surface area contributed by atoms with Gasteiger partial charge in [0.15, 0.2) is 0 Å². The van der Waals surface area contributed by atoms with Gasteiger partial charge in [0.1, 0.15) is 29.9 Å². The zero-order valence-corrected chi connectivity index (χ0v) is 24.7. The van der Waals surface area contributed by atoms with E-state index in [4.69, 9.17) is 9.15 Å². The van der Waals surface area contributed by atoms with E-state index in [0.717, 1.165) is 101 Å². The first-order valence-corrected chi connectivity index (χ1v) is 15.3. The number of carbonyl (C=O) groups is 1. The lowest BCUT2D eigenvalue weighted by molar-refractivity contribution is 0.0695. The van der Waals surface area contributed by atoms with Crippen LogP contribution in [0.1, 0.15) is 57.3 Å². The second-order valence-electron chi connectivity index (χ2n) is 10.1. The third-order valence-corrected chi connectivity index (χ3v) is 9.07. The molecule has 0 saturated carbocycles. The molecule has 7 heteroatoms. The maximum absolute atomic E-state index is 12.0. The van der Waals surface area contributed by atoms with Gasteiger partial charge in [0.25, 0.3) is 0 Å². The van der Waals surface area contributed by atoms with Gasteiger partial charge in [0, 0.05) is 58.9 Å². The number of aromatic carboxylic acids is 1. The van der Waals surface area contributed by atoms with Gasteiger partial charge in [0.2, 0.25) is 5.36 Å². The highest BCUT2D eigenvalue weighted by Gasteiger charge is 2.24. The summed E-state index contributed by atoms with van der Waals surface area (Å²) in [6.45, 7) is 13.0. The lowest BCUT2D eigenvalue weighted by Gasteiger charge is -2.25. The summed E-state index contributed by atoms with van der Waals surface area (Å²) in [6.07, 6.45) is 3.13. The SMILES string of the molecule is CCN(CC)c1ccc2c(-c3ccc(C(=O)O)cc3SC3CCCCO3)c3ccc(=[N+](CC)CC)cc-3oc2c1. The van der Waals surface area contributed by atoms with Crippen molar-refractivity contribution in [3.8, 4) is 22.5 Å². The molecule has 0 amide bonds. The molecule has 2 aromatic rings. The van der Waals surface area contributed by atoms with Crippen molar-refractivity contribution in [2.75, 3.05) is 37.7 Å². The fourth-order valence-electron chi connectivity index (χ4n) is 5.63. The summed E-state index contributed by atoms with van der Waals surface area (Å²) in [5.74, 6) is -0.112. The summed E-state index contributed by atoms with van der Waals surface area (Å²) in [7, 11) is 0. The number of carboxylic acids is 1. The molecule has 1 unspecified atom stereocenters. The van der Waals surface area contributed by atoms with Gasteiger partial charge in [-0.1, -0.05) is 17.8 Å². The topological polar surface area (TPSA) is 65.9 Å². The van der Waals surface area contributed by atoms with Crippen molar-refractivity contribution in [1.82, 2.24) is 4.58 Å². The molecule has 0 spiro atoms. The average Bonchev–Trinajstić information content (AvgIpc) is 2.97. The highest BCUT2D eigenvalue weighted by atomic mass is 32.2. The van der Waals surface area contributed by atoms with Gasteiger partial charge in [0.05, 0.1) is 11.6 Å². The molecule has 2 heterocycles. The number of hydrogen-bond donors (Lipinski definition) is 1. The molecule has 0 aromatic heterocycles. The van der Waals surface area contributed by atoms with E-state index in [1.54, 1.807) is 23.9 Å². The summed E-state index contributed by atoms with van der Waals surface area (Å²) in [5.41, 5.74) is 5.29. The predicted molar refractivity (Wildman–Crippen MR) is 165 cm³/mol. The summed E-state index contributed by atoms with van der Waals surface area (Å²) in [4.78, 5) is 15.2. The van der Waals surface area contributed by atoms with Crippen molar-refractivity contribution in [3.63, 3.8) is 0 Å². The van der Waals surface area contributed by atoms with Crippen LogP contribution in [0.3, 0.4) is 0 Å². The number of ether oxygens (including phenoxy) is 1. The molecule has 2 aromatic carbocycles. The lowest BCUT2D eigenvalue weighted by Crippen LogP contribution is -2.29. The van der Waals surface area contributed by atoms with Crippen LogP contribution < -0.4 is 14.8 Å². The van der Waals surface area contributed by atoms with Gasteiger partial charge >= 0.3 is 5.97 Å². The normalized spacial score (nSPS) is 15.4. The lowest BCUT2D eigenvalue weighted by atomic mass is 9.93. The van der Waals surface area contributed by atoms with Crippen LogP contribution >= 0.6 is 11.8 Å². The molecule has 2 aliphatic heterocycles. The number of fused-ring (bicyclic) bond motifs is 2. The highest BCUT2D eigenvalue weighted by molar-refractivity contribution is 8.00. The standard InChI is InChI=1S/C33H38N2O4S/c1-5-34(6-2)23-13-16-25-28(20-23)39-29-21-24(35(7-3)8-4)14-17-26(29)32(25)27-15-12-22(33(36)37)19-30(27)40-31-11-9-10-18-38-31/h12-17,19-21,31H,5-11,18H2,1-4H3/p+1. The van der Waals surface area contributed by atoms with Crippen molar-refractivity contribution in [2.45, 2.75) is 57.3 Å². The predicted octanol–water partition coefficient (Wildman–Crippen LogP) is 7.18. The summed E-state index contributed by atoms with van der Waals surface area (Å²) >= 11 is 1.63. The fourth-order valence-corrected chi connectivity index (χ4v) is 6.86. The quantitative estimate of drug-likeness (QED) is 0.173. The first kappa shape index (κ1) is 28.2. The van der Waals surface area contributed by atoms with Crippen LogP contribution in [0, 0.1) is 0 Å². The molecule has 0 bridgehead atoms. The Morgan fingerprint density at radius 2 is 1.75 bits per heavy atom. The Kier molecular flexibility index (Phi) is 8.81. The van der Waals surface area contributed by atoms with E-state index < -0.39 is 5.97 Å². The summed E-state index contributed by atoms with van der Waals surface area (Å²) in [6, 6.07) is 18.4. The van der Waals surface area contributed by atoms with Crippen LogP contribution in [0.2, 0.25) is 0 Å². The number of nitrogens with zero attached hydrogens (tertiary/aromatic N) is 2. The minimum absolute atomic E-state index is 0.00557. The van der Waals surface area contributed by atoms with E-state index >= 15 is 0 Å². The first-order valence-electron chi connectivity index (χ1n) is 14.5. The van der Waals surface area contributed by atoms with E-state index in [-0.39, 0.29) is 11.0 Å². The maximum atomic E-state index is 12.0. The molecule has 0 radical (unpaired) electrons. The number of thioether (sulfide) groups is 1. The Labute approximate surface area is 240 Å². The molecule has 1 aliphatic carbocycles. The summed E-state index contributed by atoms with van der Waals surface area (Å²) in [5, 5.41) is 11.9. The molecule has 1 N–H and O–H groups in total. The Balaban J connectivity index is 1.80.